The van der Waals surface area contributed by atoms with Crippen LogP contribution in [0.5, 0.6) is 0 Å². The lowest BCUT2D eigenvalue weighted by atomic mass is 9.84. The van der Waals surface area contributed by atoms with Gasteiger partial charge in [0.1, 0.15) is 0 Å². The quantitative estimate of drug-likeness (QED) is 0.589. The minimum atomic E-state index is 0.0485. The maximum Gasteiger partial charge on any atom is 0.230 e. The maximum atomic E-state index is 12.2. The first-order valence-electron chi connectivity index (χ1n) is 10.7. The topological polar surface area (TPSA) is 58.2 Å². The molecule has 4 unspecified atom stereocenters. The monoisotopic (exact) mass is 402 g/mol. The summed E-state index contributed by atoms with van der Waals surface area (Å²) in [5.41, 5.74) is 3.10. The van der Waals surface area contributed by atoms with Crippen molar-refractivity contribution in [2.24, 2.45) is 17.8 Å². The van der Waals surface area contributed by atoms with E-state index in [0.29, 0.717) is 24.1 Å². The van der Waals surface area contributed by atoms with Crippen LogP contribution in [0.2, 0.25) is 0 Å². The van der Waals surface area contributed by atoms with Crippen LogP contribution in [0.3, 0.4) is 0 Å². The third-order valence-corrected chi connectivity index (χ3v) is 7.54. The van der Waals surface area contributed by atoms with Crippen LogP contribution in [-0.2, 0) is 9.59 Å². The SMILES string of the molecule is Cc1cccc(C)c1NC(=O)CCCSCC(=O)NC(C)C1CC2CCC1C2. The zero-order valence-electron chi connectivity index (χ0n) is 17.4. The van der Waals surface area contributed by atoms with Crippen LogP contribution in [-0.4, -0.2) is 29.4 Å². The van der Waals surface area contributed by atoms with Crippen molar-refractivity contribution in [1.29, 1.82) is 0 Å². The molecule has 0 spiro atoms. The van der Waals surface area contributed by atoms with Crippen molar-refractivity contribution in [3.8, 4) is 0 Å². The molecule has 3 rings (SSSR count). The second-order valence-corrected chi connectivity index (χ2v) is 9.77. The highest BCUT2D eigenvalue weighted by molar-refractivity contribution is 7.99. The number of aryl methyl sites for hydroxylation is 2. The van der Waals surface area contributed by atoms with Crippen LogP contribution in [0, 0.1) is 31.6 Å². The highest BCUT2D eigenvalue weighted by Gasteiger charge is 2.42. The second kappa shape index (κ2) is 9.82. The molecule has 2 bridgehead atoms. The van der Waals surface area contributed by atoms with Crippen molar-refractivity contribution in [2.45, 2.75) is 65.3 Å². The van der Waals surface area contributed by atoms with Gasteiger partial charge in [-0.2, -0.15) is 11.8 Å². The molecule has 0 aromatic heterocycles. The summed E-state index contributed by atoms with van der Waals surface area (Å²) < 4.78 is 0. The summed E-state index contributed by atoms with van der Waals surface area (Å²) in [6, 6.07) is 6.32. The summed E-state index contributed by atoms with van der Waals surface area (Å²) in [5, 5.41) is 6.23. The highest BCUT2D eigenvalue weighted by atomic mass is 32.2. The van der Waals surface area contributed by atoms with Gasteiger partial charge in [0.05, 0.1) is 5.75 Å². The molecule has 2 aliphatic carbocycles. The van der Waals surface area contributed by atoms with Crippen LogP contribution in [0.1, 0.15) is 56.6 Å². The molecule has 154 valence electrons. The lowest BCUT2D eigenvalue weighted by Crippen LogP contribution is -2.41. The fourth-order valence-corrected chi connectivity index (χ4v) is 5.78. The van der Waals surface area contributed by atoms with E-state index >= 15 is 0 Å². The number of thioether (sulfide) groups is 1. The van der Waals surface area contributed by atoms with Gasteiger partial charge in [0, 0.05) is 18.2 Å². The van der Waals surface area contributed by atoms with Crippen molar-refractivity contribution >= 4 is 29.3 Å². The average Bonchev–Trinajstić information content (AvgIpc) is 3.28. The molecule has 4 atom stereocenters. The number of benzene rings is 1. The maximum absolute atomic E-state index is 12.2. The van der Waals surface area contributed by atoms with E-state index in [-0.39, 0.29) is 11.8 Å². The molecule has 0 heterocycles. The van der Waals surface area contributed by atoms with E-state index in [9.17, 15) is 9.59 Å². The third-order valence-electron chi connectivity index (χ3n) is 6.49. The summed E-state index contributed by atoms with van der Waals surface area (Å²) in [6.07, 6.45) is 6.71. The van der Waals surface area contributed by atoms with Gasteiger partial charge in [-0.25, -0.2) is 0 Å². The Morgan fingerprint density at radius 1 is 1.14 bits per heavy atom. The van der Waals surface area contributed by atoms with Gasteiger partial charge >= 0.3 is 0 Å². The second-order valence-electron chi connectivity index (χ2n) is 8.67. The number of hydrogen-bond acceptors (Lipinski definition) is 3. The molecule has 28 heavy (non-hydrogen) atoms. The normalized spacial score (nSPS) is 24.2. The Morgan fingerprint density at radius 3 is 2.54 bits per heavy atom. The fourth-order valence-electron chi connectivity index (χ4n) is 5.02. The molecule has 1 aromatic rings. The fraction of sp³-hybridized carbons (Fsp3) is 0.652. The molecule has 2 fully saturated rings. The Morgan fingerprint density at radius 2 is 1.89 bits per heavy atom. The Bertz CT molecular complexity index is 686. The van der Waals surface area contributed by atoms with E-state index in [1.54, 1.807) is 11.8 Å². The van der Waals surface area contributed by atoms with Crippen LogP contribution in [0.15, 0.2) is 18.2 Å². The standard InChI is InChI=1S/C23H34N2O2S/c1-15-6-4-7-16(2)23(15)25-21(26)8-5-11-28-14-22(27)24-17(3)20-13-18-9-10-19(20)12-18/h4,6-7,17-20H,5,8-14H2,1-3H3,(H,24,27)(H,25,26). The number of nitrogens with one attached hydrogen (secondary N) is 2. The van der Waals surface area contributed by atoms with Gasteiger partial charge in [-0.3, -0.25) is 9.59 Å². The van der Waals surface area contributed by atoms with E-state index in [2.05, 4.69) is 17.6 Å². The number of carbonyl (C=O) groups excluding carboxylic acids is 2. The Balaban J connectivity index is 1.28. The summed E-state index contributed by atoms with van der Waals surface area (Å²) in [7, 11) is 0. The first-order valence-corrected chi connectivity index (χ1v) is 11.8. The summed E-state index contributed by atoms with van der Waals surface area (Å²) in [4.78, 5) is 24.4. The first kappa shape index (κ1) is 21.2. The van der Waals surface area contributed by atoms with Gasteiger partial charge in [0.2, 0.25) is 11.8 Å². The van der Waals surface area contributed by atoms with Crippen molar-refractivity contribution in [1.82, 2.24) is 5.32 Å². The van der Waals surface area contributed by atoms with Gasteiger partial charge in [0.15, 0.2) is 0 Å². The molecule has 2 amide bonds. The number of anilines is 1. The van der Waals surface area contributed by atoms with Crippen LogP contribution < -0.4 is 10.6 Å². The predicted octanol–water partition coefficient (Wildman–Crippen LogP) is 4.70. The summed E-state index contributed by atoms with van der Waals surface area (Å²) in [6.45, 7) is 6.19. The van der Waals surface area contributed by atoms with E-state index < -0.39 is 0 Å². The zero-order chi connectivity index (χ0) is 20.1. The number of hydrogen-bond donors (Lipinski definition) is 2. The molecule has 5 heteroatoms. The molecule has 0 radical (unpaired) electrons. The molecule has 2 saturated carbocycles. The Hall–Kier alpha value is -1.49. The largest absolute Gasteiger partial charge is 0.353 e. The molecular weight excluding hydrogens is 368 g/mol. The van der Waals surface area contributed by atoms with Crippen molar-refractivity contribution in [2.75, 3.05) is 16.8 Å². The van der Waals surface area contributed by atoms with Gasteiger partial charge in [-0.05, 0) is 81.1 Å². The Labute approximate surface area is 173 Å². The van der Waals surface area contributed by atoms with E-state index in [4.69, 9.17) is 0 Å². The molecule has 0 aliphatic heterocycles. The summed E-state index contributed by atoms with van der Waals surface area (Å²) in [5.74, 6) is 3.94. The lowest BCUT2D eigenvalue weighted by Gasteiger charge is -2.28. The van der Waals surface area contributed by atoms with Crippen molar-refractivity contribution < 1.29 is 9.59 Å². The minimum Gasteiger partial charge on any atom is -0.353 e. The van der Waals surface area contributed by atoms with Gasteiger partial charge in [-0.15, -0.1) is 0 Å². The zero-order valence-corrected chi connectivity index (χ0v) is 18.2. The van der Waals surface area contributed by atoms with Crippen molar-refractivity contribution in [3.05, 3.63) is 29.3 Å². The Kier molecular flexibility index (Phi) is 7.44. The third kappa shape index (κ3) is 5.53. The molecule has 2 aliphatic rings. The van der Waals surface area contributed by atoms with Gasteiger partial charge in [-0.1, -0.05) is 24.6 Å². The van der Waals surface area contributed by atoms with Crippen LogP contribution in [0.25, 0.3) is 0 Å². The van der Waals surface area contributed by atoms with Gasteiger partial charge in [0.25, 0.3) is 0 Å². The van der Waals surface area contributed by atoms with Gasteiger partial charge < -0.3 is 10.6 Å². The molecular formula is C23H34N2O2S. The predicted molar refractivity (Wildman–Crippen MR) is 118 cm³/mol. The van der Waals surface area contributed by atoms with E-state index in [0.717, 1.165) is 40.8 Å². The number of rotatable bonds is 9. The van der Waals surface area contributed by atoms with Crippen LogP contribution >= 0.6 is 11.8 Å². The molecule has 1 aromatic carbocycles. The summed E-state index contributed by atoms with van der Waals surface area (Å²) >= 11 is 1.62. The average molecular weight is 403 g/mol. The molecule has 4 nitrogen and oxygen atoms in total. The number of fused-ring (bicyclic) bond motifs is 2. The number of carbonyl (C=O) groups is 2. The smallest absolute Gasteiger partial charge is 0.230 e. The van der Waals surface area contributed by atoms with Crippen molar-refractivity contribution in [3.63, 3.8) is 0 Å². The number of amides is 2. The van der Waals surface area contributed by atoms with E-state index in [1.807, 2.05) is 32.0 Å². The lowest BCUT2D eigenvalue weighted by molar-refractivity contribution is -0.119. The first-order chi connectivity index (χ1) is 13.4. The minimum absolute atomic E-state index is 0.0485. The molecule has 0 saturated heterocycles. The highest BCUT2D eigenvalue weighted by Crippen LogP contribution is 2.49. The van der Waals surface area contributed by atoms with E-state index in [1.165, 1.54) is 25.7 Å². The molecule has 2 N–H and O–H groups in total. The number of para-hydroxylation sites is 1. The van der Waals surface area contributed by atoms with Crippen LogP contribution in [0.4, 0.5) is 5.69 Å².